The van der Waals surface area contributed by atoms with Gasteiger partial charge in [-0.15, -0.1) is 0 Å². The van der Waals surface area contributed by atoms with E-state index in [1.807, 2.05) is 24.3 Å². The highest BCUT2D eigenvalue weighted by Gasteiger charge is 2.03. The lowest BCUT2D eigenvalue weighted by Crippen LogP contribution is -2.22. The number of para-hydroxylation sites is 1. The molecule has 0 aliphatic heterocycles. The third kappa shape index (κ3) is 7.92. The molecular weight excluding hydrogens is 372 g/mol. The number of pyridine rings is 1. The largest absolute Gasteiger partial charge is 0.478 e. The number of hydrogen-bond donors (Lipinski definition) is 2. The molecule has 0 aliphatic carbocycles. The molecule has 2 aromatic rings. The zero-order valence-corrected chi connectivity index (χ0v) is 16.6. The lowest BCUT2D eigenvalue weighted by atomic mass is 10.1. The van der Waals surface area contributed by atoms with Gasteiger partial charge in [0.1, 0.15) is 0 Å². The van der Waals surface area contributed by atoms with Crippen molar-refractivity contribution in [1.29, 1.82) is 0 Å². The number of nitrogens with zero attached hydrogens (tertiary/aromatic N) is 1. The average Bonchev–Trinajstić information content (AvgIpc) is 2.59. The minimum Gasteiger partial charge on any atom is -0.478 e. The van der Waals surface area contributed by atoms with Crippen molar-refractivity contribution in [2.75, 3.05) is 26.3 Å². The first-order valence-corrected chi connectivity index (χ1v) is 11.1. The Balaban J connectivity index is 1.53. The molecule has 1 heterocycles. The van der Waals surface area contributed by atoms with Gasteiger partial charge in [-0.1, -0.05) is 31.0 Å². The molecule has 2 N–H and O–H groups in total. The Bertz CT molecular complexity index is 797. The van der Waals surface area contributed by atoms with Crippen LogP contribution in [0.15, 0.2) is 30.3 Å². The summed E-state index contributed by atoms with van der Waals surface area (Å²) in [4.78, 5) is 4.54. The van der Waals surface area contributed by atoms with Crippen LogP contribution in [0.1, 0.15) is 31.2 Å². The fraction of sp³-hybridized carbons (Fsp3) is 0.500. The highest BCUT2D eigenvalue weighted by Crippen LogP contribution is 2.21. The number of nitrogens with one attached hydrogen (secondary N) is 1. The Hall–Kier alpha value is -1.32. The molecule has 0 amide bonds. The van der Waals surface area contributed by atoms with E-state index in [2.05, 4.69) is 38.7 Å². The average molecular weight is 399 g/mol. The minimum absolute atomic E-state index is 0.144. The molecule has 1 aromatic heterocycles. The molecule has 1 atom stereocenters. The fourth-order valence-electron chi connectivity index (χ4n) is 2.62. The van der Waals surface area contributed by atoms with Gasteiger partial charge in [0, 0.05) is 29.2 Å². The van der Waals surface area contributed by atoms with Gasteiger partial charge < -0.3 is 10.1 Å². The summed E-state index contributed by atoms with van der Waals surface area (Å²) in [5.41, 5.74) is 2.14. The van der Waals surface area contributed by atoms with E-state index in [0.29, 0.717) is 19.0 Å². The standard InChI is InChI=1S/C18H26N2O4S2/c1-15-14-18(20-17-9-5-4-8-16(15)17)23-12-7-3-2-6-10-19-11-13-24-26(21,22)25/h4-5,8-9,14,19H,2-3,6-7,10-13H2,1H3,(H,21,22,25). The maximum atomic E-state index is 10.7. The second-order valence-electron chi connectivity index (χ2n) is 6.06. The van der Waals surface area contributed by atoms with Gasteiger partial charge in [-0.3, -0.25) is 8.74 Å². The van der Waals surface area contributed by atoms with E-state index >= 15 is 0 Å². The van der Waals surface area contributed by atoms with Gasteiger partial charge >= 0.3 is 0 Å². The van der Waals surface area contributed by atoms with E-state index in [1.165, 1.54) is 5.56 Å². The SMILES string of the molecule is Cc1cc(OCCCCCCNCCOS(=O)(O)=S)nc2ccccc12. The predicted octanol–water partition coefficient (Wildman–Crippen LogP) is 3.22. The van der Waals surface area contributed by atoms with Crippen molar-refractivity contribution in [2.45, 2.75) is 32.6 Å². The van der Waals surface area contributed by atoms with Crippen molar-refractivity contribution in [1.82, 2.24) is 10.3 Å². The third-order valence-corrected chi connectivity index (χ3v) is 4.66. The molecular formula is C18H26N2O4S2. The number of hydrogen-bond acceptors (Lipinski definition) is 6. The summed E-state index contributed by atoms with van der Waals surface area (Å²) < 4.78 is 29.8. The molecule has 6 nitrogen and oxygen atoms in total. The normalized spacial score (nSPS) is 13.6. The van der Waals surface area contributed by atoms with Crippen molar-refractivity contribution in [3.63, 3.8) is 0 Å². The number of fused-ring (bicyclic) bond motifs is 1. The van der Waals surface area contributed by atoms with Gasteiger partial charge in [0.2, 0.25) is 5.88 Å². The number of benzene rings is 1. The lowest BCUT2D eigenvalue weighted by Gasteiger charge is -2.08. The Kier molecular flexibility index (Phi) is 8.67. The van der Waals surface area contributed by atoms with Gasteiger partial charge in [-0.25, -0.2) is 4.98 Å². The van der Waals surface area contributed by atoms with Crippen LogP contribution < -0.4 is 10.1 Å². The number of aromatic nitrogens is 1. The first-order chi connectivity index (χ1) is 12.5. The maximum absolute atomic E-state index is 10.7. The molecule has 2 rings (SSSR count). The van der Waals surface area contributed by atoms with E-state index < -0.39 is 9.05 Å². The summed E-state index contributed by atoms with van der Waals surface area (Å²) in [5.74, 6) is 0.685. The maximum Gasteiger partial charge on any atom is 0.266 e. The van der Waals surface area contributed by atoms with Crippen molar-refractivity contribution in [3.05, 3.63) is 35.9 Å². The minimum atomic E-state index is -3.50. The van der Waals surface area contributed by atoms with Crippen LogP contribution in [0.5, 0.6) is 5.88 Å². The topological polar surface area (TPSA) is 80.7 Å². The number of aryl methyl sites for hydroxylation is 1. The van der Waals surface area contributed by atoms with Gasteiger partial charge in [-0.05, 0) is 37.9 Å². The molecule has 0 aliphatic rings. The van der Waals surface area contributed by atoms with E-state index in [9.17, 15) is 4.21 Å². The highest BCUT2D eigenvalue weighted by molar-refractivity contribution is 8.27. The van der Waals surface area contributed by atoms with Crippen LogP contribution in [0.25, 0.3) is 10.9 Å². The molecule has 0 saturated carbocycles. The molecule has 0 bridgehead atoms. The van der Waals surface area contributed by atoms with Crippen LogP contribution in [-0.2, 0) is 24.4 Å². The Morgan fingerprint density at radius 3 is 2.73 bits per heavy atom. The summed E-state index contributed by atoms with van der Waals surface area (Å²) in [6.45, 7) is 4.24. The Labute approximate surface area is 160 Å². The smallest absolute Gasteiger partial charge is 0.266 e. The molecule has 0 fully saturated rings. The highest BCUT2D eigenvalue weighted by atomic mass is 32.9. The van der Waals surface area contributed by atoms with Crippen LogP contribution in [0.2, 0.25) is 0 Å². The zero-order valence-electron chi connectivity index (χ0n) is 15.0. The molecule has 144 valence electrons. The molecule has 0 radical (unpaired) electrons. The molecule has 1 aromatic carbocycles. The monoisotopic (exact) mass is 398 g/mol. The van der Waals surface area contributed by atoms with Gasteiger partial charge in [0.25, 0.3) is 9.05 Å². The summed E-state index contributed by atoms with van der Waals surface area (Å²) in [6.07, 6.45) is 4.20. The molecule has 1 unspecified atom stereocenters. The second-order valence-corrected chi connectivity index (χ2v) is 8.41. The van der Waals surface area contributed by atoms with Crippen molar-refractivity contribution >= 4 is 31.1 Å². The lowest BCUT2D eigenvalue weighted by molar-refractivity contribution is 0.293. The van der Waals surface area contributed by atoms with Gasteiger partial charge in [0.15, 0.2) is 0 Å². The number of rotatable bonds is 12. The van der Waals surface area contributed by atoms with Crippen LogP contribution in [0.4, 0.5) is 0 Å². The van der Waals surface area contributed by atoms with Gasteiger partial charge in [0.05, 0.1) is 18.7 Å². The number of ether oxygens (including phenoxy) is 1. The van der Waals surface area contributed by atoms with E-state index in [1.54, 1.807) is 0 Å². The molecule has 8 heteroatoms. The second kappa shape index (κ2) is 10.7. The zero-order chi connectivity index (χ0) is 18.8. The van der Waals surface area contributed by atoms with E-state index in [-0.39, 0.29) is 6.61 Å². The fourth-order valence-corrected chi connectivity index (χ4v) is 3.12. The quantitative estimate of drug-likeness (QED) is 0.531. The summed E-state index contributed by atoms with van der Waals surface area (Å²) in [6, 6.07) is 10.1. The third-order valence-electron chi connectivity index (χ3n) is 3.91. The molecule has 26 heavy (non-hydrogen) atoms. The van der Waals surface area contributed by atoms with E-state index in [4.69, 9.17) is 9.29 Å². The predicted molar refractivity (Wildman–Crippen MR) is 107 cm³/mol. The van der Waals surface area contributed by atoms with Crippen LogP contribution in [-0.4, -0.2) is 40.0 Å². The van der Waals surface area contributed by atoms with Crippen LogP contribution in [0, 0.1) is 6.92 Å². The van der Waals surface area contributed by atoms with Crippen molar-refractivity contribution < 1.29 is 17.7 Å². The van der Waals surface area contributed by atoms with Crippen LogP contribution >= 0.6 is 0 Å². The van der Waals surface area contributed by atoms with Gasteiger partial charge in [-0.2, -0.15) is 4.21 Å². The van der Waals surface area contributed by atoms with E-state index in [0.717, 1.165) is 43.1 Å². The van der Waals surface area contributed by atoms with Crippen molar-refractivity contribution in [3.8, 4) is 5.88 Å². The molecule has 0 saturated heterocycles. The number of unbranched alkanes of at least 4 members (excludes halogenated alkanes) is 3. The summed E-state index contributed by atoms with van der Waals surface area (Å²) in [5, 5.41) is 4.31. The summed E-state index contributed by atoms with van der Waals surface area (Å²) in [7, 11) is -3.50. The Morgan fingerprint density at radius 2 is 1.92 bits per heavy atom. The Morgan fingerprint density at radius 1 is 1.15 bits per heavy atom. The first kappa shape index (κ1) is 21.0. The van der Waals surface area contributed by atoms with Crippen molar-refractivity contribution in [2.24, 2.45) is 0 Å². The van der Waals surface area contributed by atoms with Crippen LogP contribution in [0.3, 0.4) is 0 Å². The first-order valence-electron chi connectivity index (χ1n) is 8.77. The summed E-state index contributed by atoms with van der Waals surface area (Å²) >= 11 is 4.23. The molecule has 0 spiro atoms.